The third-order valence-corrected chi connectivity index (χ3v) is 4.79. The number of methoxy groups -OCH3 is 1. The van der Waals surface area contributed by atoms with Crippen molar-refractivity contribution in [2.24, 2.45) is 0 Å². The van der Waals surface area contributed by atoms with Gasteiger partial charge < -0.3 is 9.64 Å². The van der Waals surface area contributed by atoms with Gasteiger partial charge in [-0.2, -0.15) is 0 Å². The smallest absolute Gasteiger partial charge is 0.326 e. The number of hydrogen-bond donors (Lipinski definition) is 1. The Morgan fingerprint density at radius 1 is 1.24 bits per heavy atom. The van der Waals surface area contributed by atoms with E-state index < -0.39 is 5.54 Å². The Kier molecular flexibility index (Phi) is 2.67. The fraction of sp³-hybridized carbons (Fsp3) is 0.923. The van der Waals surface area contributed by atoms with Crippen molar-refractivity contribution in [2.45, 2.75) is 62.2 Å². The highest BCUT2D eigenvalue weighted by molar-refractivity contribution is 5.81. The molecule has 96 valence electrons. The summed E-state index contributed by atoms with van der Waals surface area (Å²) in [4.78, 5) is 14.6. The molecule has 0 aromatic heterocycles. The molecule has 0 radical (unpaired) electrons. The van der Waals surface area contributed by atoms with Gasteiger partial charge in [-0.25, -0.2) is 0 Å². The van der Waals surface area contributed by atoms with Crippen LogP contribution in [0.25, 0.3) is 0 Å². The van der Waals surface area contributed by atoms with Gasteiger partial charge in [-0.05, 0) is 45.6 Å². The Labute approximate surface area is 103 Å². The van der Waals surface area contributed by atoms with E-state index in [-0.39, 0.29) is 5.97 Å². The molecule has 0 spiro atoms. The van der Waals surface area contributed by atoms with Gasteiger partial charge in [0, 0.05) is 18.1 Å². The summed E-state index contributed by atoms with van der Waals surface area (Å²) in [6.07, 6.45) is 6.72. The zero-order chi connectivity index (χ0) is 12.0. The Bertz CT molecular complexity index is 313. The number of fused-ring (bicyclic) bond motifs is 2. The lowest BCUT2D eigenvalue weighted by Gasteiger charge is -2.44. The summed E-state index contributed by atoms with van der Waals surface area (Å²) in [6.45, 7) is 0. The van der Waals surface area contributed by atoms with Gasteiger partial charge in [-0.3, -0.25) is 10.1 Å². The summed E-state index contributed by atoms with van der Waals surface area (Å²) >= 11 is 0. The van der Waals surface area contributed by atoms with Gasteiger partial charge in [0.2, 0.25) is 0 Å². The molecule has 17 heavy (non-hydrogen) atoms. The average Bonchev–Trinajstić information content (AvgIpc) is 3.10. The molecule has 0 aromatic rings. The van der Waals surface area contributed by atoms with Gasteiger partial charge in [-0.15, -0.1) is 0 Å². The zero-order valence-electron chi connectivity index (χ0n) is 10.7. The molecule has 3 fully saturated rings. The van der Waals surface area contributed by atoms with Crippen molar-refractivity contribution >= 4 is 5.97 Å². The normalized spacial score (nSPS) is 41.5. The van der Waals surface area contributed by atoms with Gasteiger partial charge >= 0.3 is 5.97 Å². The lowest BCUT2D eigenvalue weighted by Crippen LogP contribution is -2.62. The molecule has 4 heteroatoms. The fourth-order valence-electron chi connectivity index (χ4n) is 3.63. The van der Waals surface area contributed by atoms with Crippen LogP contribution >= 0.6 is 0 Å². The summed E-state index contributed by atoms with van der Waals surface area (Å²) < 4.78 is 5.06. The highest BCUT2D eigenvalue weighted by Gasteiger charge is 2.53. The number of nitrogens with one attached hydrogen (secondary N) is 1. The predicted octanol–water partition coefficient (Wildman–Crippen LogP) is 0.907. The van der Waals surface area contributed by atoms with E-state index in [2.05, 4.69) is 17.3 Å². The van der Waals surface area contributed by atoms with Crippen LogP contribution in [0.3, 0.4) is 0 Å². The Morgan fingerprint density at radius 2 is 1.82 bits per heavy atom. The number of hydrogen-bond acceptors (Lipinski definition) is 4. The first kappa shape index (κ1) is 11.5. The molecule has 2 unspecified atom stereocenters. The molecule has 1 aliphatic carbocycles. The minimum atomic E-state index is -0.395. The Balaban J connectivity index is 1.82. The Hall–Kier alpha value is -0.610. The first-order valence-corrected chi connectivity index (χ1v) is 6.73. The maximum atomic E-state index is 12.2. The van der Waals surface area contributed by atoms with Crippen LogP contribution in [0.2, 0.25) is 0 Å². The highest BCUT2D eigenvalue weighted by atomic mass is 16.5. The van der Waals surface area contributed by atoms with E-state index in [1.54, 1.807) is 0 Å². The average molecular weight is 238 g/mol. The van der Waals surface area contributed by atoms with Gasteiger partial charge in [0.25, 0.3) is 0 Å². The van der Waals surface area contributed by atoms with E-state index in [4.69, 9.17) is 4.74 Å². The first-order chi connectivity index (χ1) is 8.14. The van der Waals surface area contributed by atoms with E-state index in [9.17, 15) is 4.79 Å². The zero-order valence-corrected chi connectivity index (χ0v) is 10.7. The van der Waals surface area contributed by atoms with Gasteiger partial charge in [0.1, 0.15) is 5.54 Å². The molecule has 3 rings (SSSR count). The van der Waals surface area contributed by atoms with Crippen molar-refractivity contribution in [3.05, 3.63) is 0 Å². The summed E-state index contributed by atoms with van der Waals surface area (Å²) in [5, 5.41) is 3.58. The standard InChI is InChI=1S/C13H22N2O2/c1-15-10-5-6-11(15)8-13(7-10,12(16)17-2)14-9-3-4-9/h9-11,14H,3-8H2,1-2H3. The van der Waals surface area contributed by atoms with Crippen LogP contribution in [-0.2, 0) is 9.53 Å². The molecule has 0 aromatic carbocycles. The van der Waals surface area contributed by atoms with Crippen LogP contribution in [0.1, 0.15) is 38.5 Å². The van der Waals surface area contributed by atoms with Crippen LogP contribution in [-0.4, -0.2) is 48.7 Å². The maximum absolute atomic E-state index is 12.2. The van der Waals surface area contributed by atoms with Crippen molar-refractivity contribution in [3.8, 4) is 0 Å². The summed E-state index contributed by atoms with van der Waals surface area (Å²) in [5.41, 5.74) is -0.395. The number of rotatable bonds is 3. The number of ether oxygens (including phenoxy) is 1. The number of piperidine rings is 1. The van der Waals surface area contributed by atoms with E-state index in [1.807, 2.05) is 0 Å². The molecule has 2 aliphatic heterocycles. The molecular weight excluding hydrogens is 216 g/mol. The molecule has 0 amide bonds. The lowest BCUT2D eigenvalue weighted by atomic mass is 9.82. The van der Waals surface area contributed by atoms with Crippen molar-refractivity contribution in [1.29, 1.82) is 0 Å². The molecule has 2 heterocycles. The molecule has 4 nitrogen and oxygen atoms in total. The molecule has 2 atom stereocenters. The third kappa shape index (κ3) is 1.87. The topological polar surface area (TPSA) is 41.6 Å². The van der Waals surface area contributed by atoms with Crippen molar-refractivity contribution in [2.75, 3.05) is 14.2 Å². The minimum absolute atomic E-state index is 0.0469. The van der Waals surface area contributed by atoms with Crippen LogP contribution in [0.5, 0.6) is 0 Å². The number of carbonyl (C=O) groups is 1. The molecule has 3 aliphatic rings. The quantitative estimate of drug-likeness (QED) is 0.742. The van der Waals surface area contributed by atoms with Crippen LogP contribution in [0.15, 0.2) is 0 Å². The third-order valence-electron chi connectivity index (χ3n) is 4.79. The summed E-state index contributed by atoms with van der Waals surface area (Å²) in [5.74, 6) is -0.0469. The highest BCUT2D eigenvalue weighted by Crippen LogP contribution is 2.41. The first-order valence-electron chi connectivity index (χ1n) is 6.73. The van der Waals surface area contributed by atoms with Gasteiger partial charge in [-0.1, -0.05) is 0 Å². The predicted molar refractivity (Wildman–Crippen MR) is 64.7 cm³/mol. The second-order valence-corrected chi connectivity index (χ2v) is 5.95. The van der Waals surface area contributed by atoms with E-state index in [1.165, 1.54) is 32.8 Å². The minimum Gasteiger partial charge on any atom is -0.468 e. The largest absolute Gasteiger partial charge is 0.468 e. The second kappa shape index (κ2) is 3.95. The fourth-order valence-corrected chi connectivity index (χ4v) is 3.63. The van der Waals surface area contributed by atoms with Crippen LogP contribution in [0.4, 0.5) is 0 Å². The lowest BCUT2D eigenvalue weighted by molar-refractivity contribution is -0.152. The molecule has 2 saturated heterocycles. The number of nitrogens with zero attached hydrogens (tertiary/aromatic N) is 1. The van der Waals surface area contributed by atoms with Crippen LogP contribution in [0, 0.1) is 0 Å². The van der Waals surface area contributed by atoms with Crippen molar-refractivity contribution < 1.29 is 9.53 Å². The maximum Gasteiger partial charge on any atom is 0.326 e. The second-order valence-electron chi connectivity index (χ2n) is 5.95. The van der Waals surface area contributed by atoms with Gasteiger partial charge in [0.05, 0.1) is 7.11 Å². The summed E-state index contributed by atoms with van der Waals surface area (Å²) in [7, 11) is 3.71. The molecule has 1 saturated carbocycles. The molecule has 1 N–H and O–H groups in total. The molecular formula is C13H22N2O2. The van der Waals surface area contributed by atoms with Crippen molar-refractivity contribution in [1.82, 2.24) is 10.2 Å². The van der Waals surface area contributed by atoms with Crippen LogP contribution < -0.4 is 5.32 Å². The molecule has 2 bridgehead atoms. The monoisotopic (exact) mass is 238 g/mol. The van der Waals surface area contributed by atoms with E-state index in [0.717, 1.165) is 12.8 Å². The Morgan fingerprint density at radius 3 is 2.29 bits per heavy atom. The number of carbonyl (C=O) groups excluding carboxylic acids is 1. The summed E-state index contributed by atoms with van der Waals surface area (Å²) in [6, 6.07) is 1.66. The number of esters is 1. The SMILES string of the molecule is COC(=O)C1(NC2CC2)CC2CCC(C1)N2C. The van der Waals surface area contributed by atoms with Crippen molar-refractivity contribution in [3.63, 3.8) is 0 Å². The van der Waals surface area contributed by atoms with E-state index in [0.29, 0.717) is 18.1 Å². The van der Waals surface area contributed by atoms with E-state index >= 15 is 0 Å². The van der Waals surface area contributed by atoms with Gasteiger partial charge in [0.15, 0.2) is 0 Å².